The first-order chi connectivity index (χ1) is 8.55. The van der Waals surface area contributed by atoms with Crippen LogP contribution in [0.5, 0.6) is 0 Å². The number of aliphatic hydroxyl groups is 1. The van der Waals surface area contributed by atoms with E-state index >= 15 is 0 Å². The second-order valence-corrected chi connectivity index (χ2v) is 5.22. The number of hydrogen-bond donors (Lipinski definition) is 1. The highest BCUT2D eigenvalue weighted by Gasteiger charge is 2.15. The van der Waals surface area contributed by atoms with Crippen LogP contribution in [-0.2, 0) is 4.74 Å². The van der Waals surface area contributed by atoms with E-state index in [4.69, 9.17) is 15.1 Å². The van der Waals surface area contributed by atoms with Gasteiger partial charge in [-0.2, -0.15) is 5.26 Å². The molecule has 0 heterocycles. The van der Waals surface area contributed by atoms with Crippen molar-refractivity contribution in [3.05, 3.63) is 0 Å². The van der Waals surface area contributed by atoms with E-state index in [0.29, 0.717) is 13.2 Å². The van der Waals surface area contributed by atoms with Gasteiger partial charge in [0.25, 0.3) is 0 Å². The zero-order valence-electron chi connectivity index (χ0n) is 12.1. The summed E-state index contributed by atoms with van der Waals surface area (Å²) in [5.41, 5.74) is -0.193. The zero-order valence-corrected chi connectivity index (χ0v) is 12.1. The van der Waals surface area contributed by atoms with Gasteiger partial charge in [0.1, 0.15) is 0 Å². The summed E-state index contributed by atoms with van der Waals surface area (Å²) in [6, 6.07) is 2.33. The number of unbranched alkanes of at least 4 members (excludes halogenated alkanes) is 1. The normalized spacial score (nSPS) is 11.8. The largest absolute Gasteiger partial charge is 0.394 e. The van der Waals surface area contributed by atoms with E-state index in [1.165, 1.54) is 0 Å². The van der Waals surface area contributed by atoms with E-state index in [1.807, 2.05) is 13.8 Å². The molecule has 0 radical (unpaired) electrons. The first kappa shape index (κ1) is 17.4. The number of ether oxygens (including phenoxy) is 1. The van der Waals surface area contributed by atoms with Gasteiger partial charge in [0.15, 0.2) is 0 Å². The van der Waals surface area contributed by atoms with Crippen molar-refractivity contribution in [2.75, 3.05) is 39.5 Å². The number of hydrogen-bond acceptors (Lipinski definition) is 4. The van der Waals surface area contributed by atoms with Crippen LogP contribution < -0.4 is 0 Å². The minimum absolute atomic E-state index is 0.0926. The van der Waals surface area contributed by atoms with Gasteiger partial charge in [-0.3, -0.25) is 0 Å². The van der Waals surface area contributed by atoms with Crippen molar-refractivity contribution in [2.24, 2.45) is 5.41 Å². The average Bonchev–Trinajstić information content (AvgIpc) is 2.37. The molecule has 0 rings (SSSR count). The Morgan fingerprint density at radius 1 is 1.22 bits per heavy atom. The van der Waals surface area contributed by atoms with Gasteiger partial charge in [-0.25, -0.2) is 0 Å². The fraction of sp³-hybridized carbons (Fsp3) is 0.929. The number of nitriles is 1. The molecule has 106 valence electrons. The van der Waals surface area contributed by atoms with E-state index in [-0.39, 0.29) is 12.0 Å². The Hall–Kier alpha value is -0.630. The summed E-state index contributed by atoms with van der Waals surface area (Å²) in [7, 11) is 0. The molecule has 0 saturated carbocycles. The Morgan fingerprint density at radius 2 is 1.94 bits per heavy atom. The van der Waals surface area contributed by atoms with Crippen LogP contribution in [0, 0.1) is 16.7 Å². The van der Waals surface area contributed by atoms with Gasteiger partial charge < -0.3 is 14.7 Å². The molecule has 4 nitrogen and oxygen atoms in total. The summed E-state index contributed by atoms with van der Waals surface area (Å²) < 4.78 is 5.26. The molecule has 0 aliphatic heterocycles. The molecule has 0 atom stereocenters. The molecule has 0 amide bonds. The molecule has 0 fully saturated rings. The fourth-order valence-corrected chi connectivity index (χ4v) is 1.75. The molecule has 0 aromatic rings. The van der Waals surface area contributed by atoms with Crippen LogP contribution in [0.4, 0.5) is 0 Å². The number of aliphatic hydroxyl groups excluding tert-OH is 1. The maximum atomic E-state index is 8.92. The van der Waals surface area contributed by atoms with Crippen molar-refractivity contribution in [3.63, 3.8) is 0 Å². The van der Waals surface area contributed by atoms with Gasteiger partial charge >= 0.3 is 0 Å². The van der Waals surface area contributed by atoms with Crippen LogP contribution >= 0.6 is 0 Å². The predicted octanol–water partition coefficient (Wildman–Crippen LogP) is 2.04. The van der Waals surface area contributed by atoms with Crippen LogP contribution in [0.15, 0.2) is 0 Å². The molecule has 4 heteroatoms. The van der Waals surface area contributed by atoms with E-state index in [2.05, 4.69) is 17.9 Å². The summed E-state index contributed by atoms with van der Waals surface area (Å²) in [5, 5.41) is 17.5. The van der Waals surface area contributed by atoms with E-state index in [0.717, 1.165) is 38.9 Å². The van der Waals surface area contributed by atoms with Crippen LogP contribution in [0.1, 0.15) is 40.0 Å². The predicted molar refractivity (Wildman–Crippen MR) is 73.3 cm³/mol. The van der Waals surface area contributed by atoms with Gasteiger partial charge in [0.05, 0.1) is 31.3 Å². The lowest BCUT2D eigenvalue weighted by Crippen LogP contribution is -2.29. The van der Waals surface area contributed by atoms with E-state index in [9.17, 15) is 0 Å². The van der Waals surface area contributed by atoms with E-state index < -0.39 is 0 Å². The highest BCUT2D eigenvalue weighted by molar-refractivity contribution is 4.91. The molecule has 0 spiro atoms. The number of rotatable bonds is 11. The molecule has 0 unspecified atom stereocenters. The van der Waals surface area contributed by atoms with Crippen molar-refractivity contribution in [1.29, 1.82) is 5.26 Å². The highest BCUT2D eigenvalue weighted by Crippen LogP contribution is 2.21. The number of likely N-dealkylation sites (N-methyl/N-ethyl adjacent to an activating group) is 1. The zero-order chi connectivity index (χ0) is 13.9. The third kappa shape index (κ3) is 9.41. The minimum atomic E-state index is -0.193. The van der Waals surface area contributed by atoms with Gasteiger partial charge in [-0.15, -0.1) is 0 Å². The summed E-state index contributed by atoms with van der Waals surface area (Å²) in [6.45, 7) is 10.3. The molecule has 0 bridgehead atoms. The van der Waals surface area contributed by atoms with Gasteiger partial charge in [-0.1, -0.05) is 13.3 Å². The van der Waals surface area contributed by atoms with E-state index in [1.54, 1.807) is 0 Å². The first-order valence-electron chi connectivity index (χ1n) is 6.88. The minimum Gasteiger partial charge on any atom is -0.394 e. The van der Waals surface area contributed by atoms with Crippen LogP contribution in [-0.4, -0.2) is 49.5 Å². The molecule has 0 aliphatic rings. The molecular weight excluding hydrogens is 228 g/mol. The Bertz CT molecular complexity index is 236. The van der Waals surface area contributed by atoms with Crippen LogP contribution in [0.25, 0.3) is 0 Å². The van der Waals surface area contributed by atoms with Crippen molar-refractivity contribution in [1.82, 2.24) is 4.90 Å². The average molecular weight is 256 g/mol. The van der Waals surface area contributed by atoms with Crippen molar-refractivity contribution in [2.45, 2.75) is 40.0 Å². The highest BCUT2D eigenvalue weighted by atomic mass is 16.5. The second kappa shape index (κ2) is 10.3. The lowest BCUT2D eigenvalue weighted by molar-refractivity contribution is 0.0742. The monoisotopic (exact) mass is 256 g/mol. The maximum Gasteiger partial charge on any atom is 0.0698 e. The van der Waals surface area contributed by atoms with Crippen molar-refractivity contribution < 1.29 is 9.84 Å². The van der Waals surface area contributed by atoms with Gasteiger partial charge in [0, 0.05) is 6.54 Å². The van der Waals surface area contributed by atoms with Crippen molar-refractivity contribution >= 4 is 0 Å². The number of nitrogens with zero attached hydrogens (tertiary/aromatic N) is 2. The third-order valence-corrected chi connectivity index (χ3v) is 3.06. The lowest BCUT2D eigenvalue weighted by Gasteiger charge is -2.21. The molecule has 0 aromatic heterocycles. The first-order valence-corrected chi connectivity index (χ1v) is 6.88. The van der Waals surface area contributed by atoms with Gasteiger partial charge in [-0.05, 0) is 39.8 Å². The summed E-state index contributed by atoms with van der Waals surface area (Å²) in [4.78, 5) is 2.34. The standard InChI is InChI=1S/C14H28N2O2/c1-4-16(9-11-18-12-10-17)8-6-5-7-14(2,3)13-15/h17H,4-12H2,1-3H3. The molecule has 1 N–H and O–H groups in total. The Balaban J connectivity index is 3.59. The Kier molecular flexibility index (Phi) is 9.95. The summed E-state index contributed by atoms with van der Waals surface area (Å²) in [6.07, 6.45) is 3.18. The van der Waals surface area contributed by atoms with Crippen LogP contribution in [0.3, 0.4) is 0 Å². The Morgan fingerprint density at radius 3 is 2.50 bits per heavy atom. The third-order valence-electron chi connectivity index (χ3n) is 3.06. The van der Waals surface area contributed by atoms with Gasteiger partial charge in [0.2, 0.25) is 0 Å². The Labute approximate surface area is 112 Å². The summed E-state index contributed by atoms with van der Waals surface area (Å²) in [5.74, 6) is 0. The van der Waals surface area contributed by atoms with Crippen LogP contribution in [0.2, 0.25) is 0 Å². The molecule has 0 aliphatic carbocycles. The molecule has 0 aromatic carbocycles. The second-order valence-electron chi connectivity index (χ2n) is 5.22. The van der Waals surface area contributed by atoms with Crippen molar-refractivity contribution in [3.8, 4) is 6.07 Å². The molecule has 0 saturated heterocycles. The molecular formula is C14H28N2O2. The summed E-state index contributed by atoms with van der Waals surface area (Å²) >= 11 is 0. The molecule has 18 heavy (non-hydrogen) atoms. The lowest BCUT2D eigenvalue weighted by atomic mass is 9.89. The smallest absolute Gasteiger partial charge is 0.0698 e. The SMILES string of the molecule is CCN(CCCCC(C)(C)C#N)CCOCCO. The topological polar surface area (TPSA) is 56.5 Å². The fourth-order valence-electron chi connectivity index (χ4n) is 1.75. The quantitative estimate of drug-likeness (QED) is 0.575. The maximum absolute atomic E-state index is 8.92.